The van der Waals surface area contributed by atoms with Crippen molar-refractivity contribution >= 4 is 23.5 Å². The van der Waals surface area contributed by atoms with Crippen LogP contribution in [0, 0.1) is 12.8 Å². The molecule has 5 aromatic carbocycles. The van der Waals surface area contributed by atoms with Crippen LogP contribution in [0.1, 0.15) is 102 Å². The molecule has 0 bridgehead atoms. The zero-order valence-electron chi connectivity index (χ0n) is 39.2. The average molecular weight is 882 g/mol. The van der Waals surface area contributed by atoms with Crippen molar-refractivity contribution in [2.75, 3.05) is 13.2 Å². The smallest absolute Gasteiger partial charge is 0.255 e. The van der Waals surface area contributed by atoms with Crippen molar-refractivity contribution in [3.05, 3.63) is 202 Å². The van der Waals surface area contributed by atoms with Gasteiger partial charge in [0.25, 0.3) is 11.8 Å². The monoisotopic (exact) mass is 881 g/mol. The van der Waals surface area contributed by atoms with Crippen LogP contribution >= 0.6 is 0 Å². The maximum absolute atomic E-state index is 13.9. The molecule has 340 valence electrons. The highest BCUT2D eigenvalue weighted by Crippen LogP contribution is 2.37. The Morgan fingerprint density at radius 3 is 2.20 bits per heavy atom. The molecule has 9 nitrogen and oxygen atoms in total. The minimum absolute atomic E-state index is 0.0297. The molecule has 0 radical (unpaired) electrons. The molecule has 66 heavy (non-hydrogen) atoms. The van der Waals surface area contributed by atoms with Gasteiger partial charge in [0.05, 0.1) is 18.6 Å². The second kappa shape index (κ2) is 20.1. The maximum atomic E-state index is 13.9. The predicted octanol–water partition coefficient (Wildman–Crippen LogP) is 10.9. The summed E-state index contributed by atoms with van der Waals surface area (Å²) < 4.78 is 12.1. The van der Waals surface area contributed by atoms with Crippen LogP contribution in [0.2, 0.25) is 0 Å². The number of carbonyl (C=O) groups is 2. The van der Waals surface area contributed by atoms with E-state index in [4.69, 9.17) is 9.47 Å². The number of amides is 2. The molecule has 0 saturated heterocycles. The van der Waals surface area contributed by atoms with Gasteiger partial charge < -0.3 is 24.7 Å². The van der Waals surface area contributed by atoms with Gasteiger partial charge >= 0.3 is 0 Å². The quantitative estimate of drug-likeness (QED) is 0.101. The molecule has 3 heterocycles. The number of allylic oxidation sites excluding steroid dienone is 4. The zero-order chi connectivity index (χ0) is 46.4. The van der Waals surface area contributed by atoms with Gasteiger partial charge in [0.15, 0.2) is 0 Å². The standard InChI is InChI=1S/C31H33NO3.C26H30N4O/c1-6-11-28(26-14-9-7-12-22(26)2)30(33)32-20-23-13-8-10-15-27(23)29(32)21-34-24-16-18-25(19-17-24)35-31(3,4)5;1-18(2)25-17-29(28-27-25)16-22-14-20-9-3-4-10-21(20)15-30(22)26(31)24-13-7-11-19-8-5-6-12-23(19)24/h6-19,29H,1,20-21H2,2-5H3;3-4,6-7,9-13,17-18,22,27-28H,5,8,14-16H2,1-2H3/b28-11+;/t;22-/m.0/s1. The Balaban J connectivity index is 0.000000181. The third-order valence-electron chi connectivity index (χ3n) is 12.6. The second-order valence-electron chi connectivity index (χ2n) is 18.8. The fraction of sp³-hybridized carbons (Fsp3) is 0.298. The van der Waals surface area contributed by atoms with E-state index in [1.165, 1.54) is 16.7 Å². The van der Waals surface area contributed by atoms with Crippen LogP contribution in [0.5, 0.6) is 11.5 Å². The first-order valence-electron chi connectivity index (χ1n) is 23.2. The molecule has 1 aliphatic carbocycles. The third kappa shape index (κ3) is 10.5. The number of fused-ring (bicyclic) bond motifs is 3. The van der Waals surface area contributed by atoms with Gasteiger partial charge in [0.1, 0.15) is 23.7 Å². The molecule has 2 atom stereocenters. The molecular formula is C57H63N5O4. The van der Waals surface area contributed by atoms with Crippen molar-refractivity contribution in [3.8, 4) is 11.5 Å². The molecule has 0 fully saturated rings. The fourth-order valence-electron chi connectivity index (χ4n) is 9.20. The summed E-state index contributed by atoms with van der Waals surface area (Å²) in [7, 11) is 0. The Bertz CT molecular complexity index is 2660. The molecule has 3 aliphatic heterocycles. The van der Waals surface area contributed by atoms with Crippen LogP contribution in [0.25, 0.3) is 11.6 Å². The minimum Gasteiger partial charge on any atom is -0.491 e. The van der Waals surface area contributed by atoms with Crippen molar-refractivity contribution in [2.45, 2.75) is 91.6 Å². The Morgan fingerprint density at radius 2 is 1.47 bits per heavy atom. The number of hydrazine groups is 2. The molecule has 9 heteroatoms. The van der Waals surface area contributed by atoms with E-state index in [-0.39, 0.29) is 29.5 Å². The molecular weight excluding hydrogens is 819 g/mol. The summed E-state index contributed by atoms with van der Waals surface area (Å²) in [6.45, 7) is 18.5. The first kappa shape index (κ1) is 45.7. The number of hydrogen-bond acceptors (Lipinski definition) is 7. The number of nitrogens with one attached hydrogen (secondary N) is 2. The molecule has 0 spiro atoms. The summed E-state index contributed by atoms with van der Waals surface area (Å²) in [5, 5.41) is 2.08. The highest BCUT2D eigenvalue weighted by molar-refractivity contribution is 6.20. The normalized spacial score (nSPS) is 17.5. The number of aryl methyl sites for hydroxylation is 2. The third-order valence-corrected chi connectivity index (χ3v) is 12.6. The summed E-state index contributed by atoms with van der Waals surface area (Å²) in [6, 6.07) is 38.3. The molecule has 4 aliphatic rings. The van der Waals surface area contributed by atoms with Gasteiger partial charge in [0, 0.05) is 36.1 Å². The summed E-state index contributed by atoms with van der Waals surface area (Å²) >= 11 is 0. The lowest BCUT2D eigenvalue weighted by atomic mass is 9.90. The lowest BCUT2D eigenvalue weighted by molar-refractivity contribution is -0.127. The van der Waals surface area contributed by atoms with Crippen LogP contribution in [0.15, 0.2) is 152 Å². The Labute approximate surface area is 391 Å². The topological polar surface area (TPSA) is 86.4 Å². The molecule has 2 amide bonds. The Hall–Kier alpha value is -6.84. The minimum atomic E-state index is -0.259. The summed E-state index contributed by atoms with van der Waals surface area (Å²) in [6.07, 6.45) is 12.8. The highest BCUT2D eigenvalue weighted by atomic mass is 16.5. The van der Waals surface area contributed by atoms with Gasteiger partial charge in [-0.15, -0.1) is 5.53 Å². The number of benzene rings is 5. The van der Waals surface area contributed by atoms with E-state index in [0.717, 1.165) is 76.4 Å². The van der Waals surface area contributed by atoms with E-state index in [1.54, 1.807) is 12.2 Å². The Morgan fingerprint density at radius 1 is 0.803 bits per heavy atom. The fourth-order valence-corrected chi connectivity index (χ4v) is 9.20. The lowest BCUT2D eigenvalue weighted by Gasteiger charge is -2.39. The summed E-state index contributed by atoms with van der Waals surface area (Å²) in [5.74, 6) is 2.06. The van der Waals surface area contributed by atoms with Gasteiger partial charge in [-0.25, -0.2) is 0 Å². The van der Waals surface area contributed by atoms with E-state index in [2.05, 4.69) is 102 Å². The lowest BCUT2D eigenvalue weighted by Crippen LogP contribution is -2.51. The van der Waals surface area contributed by atoms with Crippen LogP contribution in [-0.2, 0) is 30.7 Å². The van der Waals surface area contributed by atoms with E-state index in [1.807, 2.05) is 105 Å². The molecule has 0 aromatic heterocycles. The van der Waals surface area contributed by atoms with Gasteiger partial charge in [-0.3, -0.25) is 14.6 Å². The zero-order valence-corrected chi connectivity index (χ0v) is 39.2. The molecule has 5 aromatic rings. The van der Waals surface area contributed by atoms with E-state index in [0.29, 0.717) is 31.2 Å². The van der Waals surface area contributed by atoms with Crippen molar-refractivity contribution in [1.82, 2.24) is 25.8 Å². The predicted molar refractivity (Wildman–Crippen MR) is 265 cm³/mol. The van der Waals surface area contributed by atoms with Crippen molar-refractivity contribution < 1.29 is 19.1 Å². The van der Waals surface area contributed by atoms with Crippen molar-refractivity contribution in [3.63, 3.8) is 0 Å². The molecule has 2 N–H and O–H groups in total. The Kier molecular flexibility index (Phi) is 13.9. The van der Waals surface area contributed by atoms with Crippen molar-refractivity contribution in [2.24, 2.45) is 5.92 Å². The van der Waals surface area contributed by atoms with Crippen LogP contribution < -0.4 is 20.4 Å². The SMILES string of the molecule is C=C/C=C(/C(=O)N1Cc2ccccc2C1COc1ccc(OC(C)(C)C)cc1)c1ccccc1C.CC(C)C1=CN(C[C@@H]2Cc3ccccc3CN2C(=O)c2cccc3c2C=CCC3)NN1. The van der Waals surface area contributed by atoms with Gasteiger partial charge in [-0.05, 0) is 134 Å². The van der Waals surface area contributed by atoms with Crippen LogP contribution in [0.3, 0.4) is 0 Å². The molecule has 9 rings (SSSR count). The number of carbonyl (C=O) groups excluding carboxylic acids is 2. The second-order valence-corrected chi connectivity index (χ2v) is 18.8. The van der Waals surface area contributed by atoms with Crippen LogP contribution in [0.4, 0.5) is 0 Å². The summed E-state index contributed by atoms with van der Waals surface area (Å²) in [5.41, 5.74) is 18.1. The van der Waals surface area contributed by atoms with Crippen molar-refractivity contribution in [1.29, 1.82) is 0 Å². The number of rotatable bonds is 11. The first-order valence-corrected chi connectivity index (χ1v) is 23.2. The number of hydrogen-bond donors (Lipinski definition) is 2. The number of ether oxygens (including phenoxy) is 2. The summed E-state index contributed by atoms with van der Waals surface area (Å²) in [4.78, 5) is 31.7. The van der Waals surface area contributed by atoms with E-state index < -0.39 is 0 Å². The molecule has 1 unspecified atom stereocenters. The van der Waals surface area contributed by atoms with Gasteiger partial charge in [-0.1, -0.05) is 124 Å². The van der Waals surface area contributed by atoms with Crippen LogP contribution in [-0.4, -0.2) is 51.4 Å². The van der Waals surface area contributed by atoms with E-state index >= 15 is 0 Å². The highest BCUT2D eigenvalue weighted by Gasteiger charge is 2.36. The number of nitrogens with zero attached hydrogens (tertiary/aromatic N) is 3. The maximum Gasteiger partial charge on any atom is 0.255 e. The average Bonchev–Trinajstić information content (AvgIpc) is 3.95. The van der Waals surface area contributed by atoms with E-state index in [9.17, 15) is 9.59 Å². The van der Waals surface area contributed by atoms with Gasteiger partial charge in [-0.2, -0.15) is 0 Å². The first-order chi connectivity index (χ1) is 31.9. The largest absolute Gasteiger partial charge is 0.491 e. The van der Waals surface area contributed by atoms with Gasteiger partial charge in [0.2, 0.25) is 0 Å². The molecule has 0 saturated carbocycles.